The Morgan fingerprint density at radius 3 is 1.65 bits per heavy atom. The zero-order valence-corrected chi connectivity index (χ0v) is 10.1. The van der Waals surface area contributed by atoms with Crippen LogP contribution in [0.1, 0.15) is 18.1 Å². The van der Waals surface area contributed by atoms with Gasteiger partial charge in [0.25, 0.3) is 0 Å². The number of hydrogen-bond acceptors (Lipinski definition) is 1. The van der Waals surface area contributed by atoms with Gasteiger partial charge < -0.3 is 5.32 Å². The van der Waals surface area contributed by atoms with Crippen molar-refractivity contribution < 1.29 is 0 Å². The summed E-state index contributed by atoms with van der Waals surface area (Å²) in [7, 11) is 0. The van der Waals surface area contributed by atoms with Crippen LogP contribution < -0.4 is 5.32 Å². The average Bonchev–Trinajstić information content (AvgIpc) is 3.24. The predicted octanol–water partition coefficient (Wildman–Crippen LogP) is 2.96. The molecule has 2 aromatic carbocycles. The Kier molecular flexibility index (Phi) is 2.49. The second-order valence-electron chi connectivity index (χ2n) is 4.90. The van der Waals surface area contributed by atoms with Gasteiger partial charge in [0.05, 0.1) is 0 Å². The maximum Gasteiger partial charge on any atom is 0.0340 e. The van der Waals surface area contributed by atoms with Gasteiger partial charge in [-0.2, -0.15) is 0 Å². The first-order valence-electron chi connectivity index (χ1n) is 6.16. The molecule has 2 aromatic rings. The molecule has 0 bridgehead atoms. The Morgan fingerprint density at radius 1 is 0.882 bits per heavy atom. The quantitative estimate of drug-likeness (QED) is 0.794. The van der Waals surface area contributed by atoms with Crippen molar-refractivity contribution in [1.82, 2.24) is 5.32 Å². The molecule has 1 aliphatic rings. The van der Waals surface area contributed by atoms with Gasteiger partial charge in [0, 0.05) is 18.0 Å². The molecule has 0 aromatic heterocycles. The predicted molar refractivity (Wildman–Crippen MR) is 71.1 cm³/mol. The summed E-state index contributed by atoms with van der Waals surface area (Å²) in [6, 6.07) is 22.1. The van der Waals surface area contributed by atoms with Crippen LogP contribution in [0.4, 0.5) is 0 Å². The molecule has 1 N–H and O–H groups in total. The number of nitrogens with one attached hydrogen (secondary N) is 1. The topological polar surface area (TPSA) is 21.9 Å². The first kappa shape index (κ1) is 10.5. The SMILES string of the molecule is CC(c1ccccc1)(c1ccccc1)C1CN1. The van der Waals surface area contributed by atoms with Gasteiger partial charge in [-0.15, -0.1) is 0 Å². The van der Waals surface area contributed by atoms with Crippen LogP contribution in [-0.4, -0.2) is 12.6 Å². The second-order valence-corrected chi connectivity index (χ2v) is 4.90. The van der Waals surface area contributed by atoms with E-state index in [2.05, 4.69) is 72.9 Å². The van der Waals surface area contributed by atoms with Gasteiger partial charge in [-0.25, -0.2) is 0 Å². The van der Waals surface area contributed by atoms with Crippen molar-refractivity contribution in [2.75, 3.05) is 6.54 Å². The van der Waals surface area contributed by atoms with Gasteiger partial charge in [0.2, 0.25) is 0 Å². The molecule has 0 aliphatic carbocycles. The van der Waals surface area contributed by atoms with Gasteiger partial charge in [0.15, 0.2) is 0 Å². The summed E-state index contributed by atoms with van der Waals surface area (Å²) in [4.78, 5) is 0. The van der Waals surface area contributed by atoms with E-state index in [-0.39, 0.29) is 5.41 Å². The third-order valence-corrected chi connectivity index (χ3v) is 3.85. The highest BCUT2D eigenvalue weighted by molar-refractivity contribution is 5.42. The van der Waals surface area contributed by atoms with E-state index in [9.17, 15) is 0 Å². The summed E-state index contributed by atoms with van der Waals surface area (Å²) in [6.45, 7) is 3.45. The standard InChI is InChI=1S/C16H17N/c1-16(15-12-17-15,13-8-4-2-5-9-13)14-10-6-3-7-11-14/h2-11,15,17H,12H2,1H3. The molecule has 1 aliphatic heterocycles. The summed E-state index contributed by atoms with van der Waals surface area (Å²) in [6.07, 6.45) is 0. The molecule has 0 saturated carbocycles. The van der Waals surface area contributed by atoms with E-state index in [1.807, 2.05) is 0 Å². The van der Waals surface area contributed by atoms with Crippen molar-refractivity contribution >= 4 is 0 Å². The summed E-state index contributed by atoms with van der Waals surface area (Å²) >= 11 is 0. The van der Waals surface area contributed by atoms with E-state index >= 15 is 0 Å². The lowest BCUT2D eigenvalue weighted by molar-refractivity contribution is 0.556. The average molecular weight is 223 g/mol. The molecule has 1 unspecified atom stereocenters. The van der Waals surface area contributed by atoms with Gasteiger partial charge in [0.1, 0.15) is 0 Å². The highest BCUT2D eigenvalue weighted by atomic mass is 15.1. The molecular formula is C16H17N. The molecule has 0 spiro atoms. The highest BCUT2D eigenvalue weighted by Crippen LogP contribution is 2.38. The van der Waals surface area contributed by atoms with E-state index in [0.29, 0.717) is 6.04 Å². The number of rotatable bonds is 3. The first-order chi connectivity index (χ1) is 8.32. The van der Waals surface area contributed by atoms with Crippen LogP contribution >= 0.6 is 0 Å². The summed E-state index contributed by atoms with van der Waals surface area (Å²) in [5.41, 5.74) is 2.87. The highest BCUT2D eigenvalue weighted by Gasteiger charge is 2.43. The molecule has 1 atom stereocenters. The van der Waals surface area contributed by atoms with Gasteiger partial charge in [-0.05, 0) is 18.1 Å². The number of hydrogen-bond donors (Lipinski definition) is 1. The second kappa shape index (κ2) is 4.01. The molecule has 1 heterocycles. The zero-order chi connectivity index (χ0) is 11.7. The Morgan fingerprint density at radius 2 is 1.29 bits per heavy atom. The zero-order valence-electron chi connectivity index (χ0n) is 10.1. The molecule has 86 valence electrons. The summed E-state index contributed by atoms with van der Waals surface area (Å²) in [5, 5.41) is 3.47. The van der Waals surface area contributed by atoms with Gasteiger partial charge >= 0.3 is 0 Å². The maximum absolute atomic E-state index is 3.47. The van der Waals surface area contributed by atoms with Crippen LogP contribution in [-0.2, 0) is 5.41 Å². The molecule has 1 saturated heterocycles. The van der Waals surface area contributed by atoms with E-state index < -0.39 is 0 Å². The van der Waals surface area contributed by atoms with Crippen molar-refractivity contribution in [3.8, 4) is 0 Å². The van der Waals surface area contributed by atoms with Crippen LogP contribution in [0.15, 0.2) is 60.7 Å². The molecule has 17 heavy (non-hydrogen) atoms. The fraction of sp³-hybridized carbons (Fsp3) is 0.250. The van der Waals surface area contributed by atoms with Crippen molar-refractivity contribution in [1.29, 1.82) is 0 Å². The molecule has 1 nitrogen and oxygen atoms in total. The van der Waals surface area contributed by atoms with E-state index in [0.717, 1.165) is 6.54 Å². The Labute approximate surface area is 102 Å². The Bertz CT molecular complexity index is 446. The molecule has 3 rings (SSSR count). The van der Waals surface area contributed by atoms with E-state index in [1.54, 1.807) is 0 Å². The van der Waals surface area contributed by atoms with Crippen molar-refractivity contribution in [3.63, 3.8) is 0 Å². The van der Waals surface area contributed by atoms with Crippen molar-refractivity contribution in [2.24, 2.45) is 0 Å². The summed E-state index contributed by atoms with van der Waals surface area (Å²) < 4.78 is 0. The van der Waals surface area contributed by atoms with Crippen LogP contribution in [0.3, 0.4) is 0 Å². The van der Waals surface area contributed by atoms with Gasteiger partial charge in [-0.3, -0.25) is 0 Å². The van der Waals surface area contributed by atoms with Crippen LogP contribution in [0, 0.1) is 0 Å². The normalized spacial score (nSPS) is 19.0. The van der Waals surface area contributed by atoms with E-state index in [1.165, 1.54) is 11.1 Å². The van der Waals surface area contributed by atoms with Crippen LogP contribution in [0.2, 0.25) is 0 Å². The Hall–Kier alpha value is -1.60. The molecule has 0 amide bonds. The minimum Gasteiger partial charge on any atom is -0.310 e. The lowest BCUT2D eigenvalue weighted by Gasteiger charge is -2.30. The fourth-order valence-corrected chi connectivity index (χ4v) is 2.60. The fourth-order valence-electron chi connectivity index (χ4n) is 2.60. The lowest BCUT2D eigenvalue weighted by Crippen LogP contribution is -2.31. The maximum atomic E-state index is 3.47. The van der Waals surface area contributed by atoms with Crippen molar-refractivity contribution in [3.05, 3.63) is 71.8 Å². The van der Waals surface area contributed by atoms with Crippen LogP contribution in [0.25, 0.3) is 0 Å². The molecular weight excluding hydrogens is 206 g/mol. The third kappa shape index (κ3) is 1.77. The molecule has 0 radical (unpaired) electrons. The smallest absolute Gasteiger partial charge is 0.0340 e. The molecule has 1 fully saturated rings. The Balaban J connectivity index is 2.11. The largest absolute Gasteiger partial charge is 0.310 e. The summed E-state index contributed by atoms with van der Waals surface area (Å²) in [5.74, 6) is 0. The van der Waals surface area contributed by atoms with E-state index in [4.69, 9.17) is 0 Å². The van der Waals surface area contributed by atoms with Crippen molar-refractivity contribution in [2.45, 2.75) is 18.4 Å². The lowest BCUT2D eigenvalue weighted by atomic mass is 9.73. The monoisotopic (exact) mass is 223 g/mol. The first-order valence-corrected chi connectivity index (χ1v) is 6.16. The van der Waals surface area contributed by atoms with Gasteiger partial charge in [-0.1, -0.05) is 60.7 Å². The third-order valence-electron chi connectivity index (χ3n) is 3.85. The molecule has 1 heteroatoms. The number of benzene rings is 2. The minimum absolute atomic E-state index is 0.0858. The van der Waals surface area contributed by atoms with Crippen LogP contribution in [0.5, 0.6) is 0 Å². The minimum atomic E-state index is 0.0858.